The fraction of sp³-hybridized carbons (Fsp3) is 0.671. The highest BCUT2D eigenvalue weighted by atomic mass is 16.7. The molecule has 0 rings (SSSR count). The zero-order valence-electron chi connectivity index (χ0n) is 59.2. The van der Waals surface area contributed by atoms with Crippen molar-refractivity contribution in [1.82, 2.24) is 0 Å². The molecule has 9 nitrogen and oxygen atoms in total. The third kappa shape index (κ3) is 72.5. The third-order valence-corrected chi connectivity index (χ3v) is 15.6. The summed E-state index contributed by atoms with van der Waals surface area (Å²) in [6.07, 6.45) is 101. The molecule has 0 bridgehead atoms. The number of esters is 2. The number of aliphatic carboxylic acids is 1. The maximum Gasteiger partial charge on any atom is 0.306 e. The van der Waals surface area contributed by atoms with Crippen molar-refractivity contribution in [1.29, 1.82) is 0 Å². The van der Waals surface area contributed by atoms with E-state index in [4.69, 9.17) is 18.9 Å². The lowest BCUT2D eigenvalue weighted by Crippen LogP contribution is -2.44. The van der Waals surface area contributed by atoms with E-state index >= 15 is 0 Å². The smallest absolute Gasteiger partial charge is 0.306 e. The van der Waals surface area contributed by atoms with Gasteiger partial charge in [0.1, 0.15) is 13.2 Å². The quantitative estimate of drug-likeness (QED) is 0.0195. The van der Waals surface area contributed by atoms with Gasteiger partial charge in [-0.3, -0.25) is 9.59 Å². The summed E-state index contributed by atoms with van der Waals surface area (Å²) in [4.78, 5) is 37.5. The Kier molecular flexibility index (Phi) is 67.3. The fourth-order valence-corrected chi connectivity index (χ4v) is 10.0. The van der Waals surface area contributed by atoms with Gasteiger partial charge in [0.05, 0.1) is 40.3 Å². The maximum absolute atomic E-state index is 12.9. The van der Waals surface area contributed by atoms with E-state index in [0.29, 0.717) is 17.4 Å². The number of rotatable bonds is 67. The van der Waals surface area contributed by atoms with E-state index < -0.39 is 24.3 Å². The van der Waals surface area contributed by atoms with Crippen LogP contribution in [0.3, 0.4) is 0 Å². The molecule has 2 atom stereocenters. The zero-order chi connectivity index (χ0) is 66.1. The fourth-order valence-electron chi connectivity index (χ4n) is 10.0. The molecule has 0 aliphatic rings. The summed E-state index contributed by atoms with van der Waals surface area (Å²) >= 11 is 0. The Bertz CT molecular complexity index is 2010. The summed E-state index contributed by atoms with van der Waals surface area (Å²) in [5.41, 5.74) is 0. The molecule has 9 heteroatoms. The molecule has 0 N–H and O–H groups in total. The second-order valence-corrected chi connectivity index (χ2v) is 25.5. The summed E-state index contributed by atoms with van der Waals surface area (Å²) in [6, 6.07) is 0. The standard InChI is InChI=1S/C82H137NO8/c1-6-8-10-12-14-16-18-20-22-24-26-28-30-32-34-35-36-37-38-39-40-41-42-43-44-45-47-48-50-52-54-56-58-60-62-64-66-68-70-72-79(84)89-76-78(77-90-82(81(86)87)88-75-74-83(3,4)5)91-80(85)73-71-69-67-65-63-61-59-57-55-53-51-49-46-33-31-29-27-25-23-21-19-17-15-13-11-9-7-2/h8-11,14-17,20-23,26-29,32-34,46,51,53,57,59,78,82H,6-7,12-13,18-19,24-25,30-31,35-45,47-50,52,54-56,58,60-77H2,1-5H3/b10-8-,11-9-,16-14-,17-15-,22-20-,23-21-,28-26-,29-27-,34-32-,46-33-,53-51-,59-57-. The first-order valence-electron chi connectivity index (χ1n) is 37.0. The molecule has 0 saturated carbocycles. The minimum Gasteiger partial charge on any atom is -0.545 e. The van der Waals surface area contributed by atoms with Crippen LogP contribution in [0.5, 0.6) is 0 Å². The summed E-state index contributed by atoms with van der Waals surface area (Å²) in [6.45, 7) is 4.51. The summed E-state index contributed by atoms with van der Waals surface area (Å²) in [5, 5.41) is 11.8. The summed E-state index contributed by atoms with van der Waals surface area (Å²) in [5.74, 6) is -2.31. The van der Waals surface area contributed by atoms with E-state index in [9.17, 15) is 19.5 Å². The Balaban J connectivity index is 4.08. The number of ether oxygens (including phenoxy) is 4. The topological polar surface area (TPSA) is 111 Å². The molecule has 0 spiro atoms. The lowest BCUT2D eigenvalue weighted by molar-refractivity contribution is -0.870. The van der Waals surface area contributed by atoms with E-state index in [1.54, 1.807) is 0 Å². The monoisotopic (exact) mass is 1260 g/mol. The number of nitrogens with zero attached hydrogens (tertiary/aromatic N) is 1. The molecule has 0 aliphatic carbocycles. The Morgan fingerprint density at radius 3 is 0.879 bits per heavy atom. The van der Waals surface area contributed by atoms with Crippen molar-refractivity contribution in [2.45, 2.75) is 309 Å². The van der Waals surface area contributed by atoms with Gasteiger partial charge in [0.15, 0.2) is 12.4 Å². The molecule has 0 heterocycles. The van der Waals surface area contributed by atoms with Crippen LogP contribution < -0.4 is 5.11 Å². The van der Waals surface area contributed by atoms with Crippen molar-refractivity contribution in [3.8, 4) is 0 Å². The predicted molar refractivity (Wildman–Crippen MR) is 389 cm³/mol. The van der Waals surface area contributed by atoms with Crippen LogP contribution in [0.15, 0.2) is 146 Å². The molecule has 0 aromatic carbocycles. The first-order chi connectivity index (χ1) is 44.6. The number of carbonyl (C=O) groups excluding carboxylic acids is 3. The molecule has 0 amide bonds. The number of quaternary nitrogens is 1. The minimum absolute atomic E-state index is 0.138. The van der Waals surface area contributed by atoms with Gasteiger partial charge in [-0.25, -0.2) is 0 Å². The van der Waals surface area contributed by atoms with Crippen LogP contribution in [0.2, 0.25) is 0 Å². The van der Waals surface area contributed by atoms with Gasteiger partial charge in [-0.1, -0.05) is 314 Å². The Morgan fingerprint density at radius 2 is 0.593 bits per heavy atom. The molecule has 2 unspecified atom stereocenters. The van der Waals surface area contributed by atoms with Crippen LogP contribution in [0.4, 0.5) is 0 Å². The van der Waals surface area contributed by atoms with Crippen LogP contribution >= 0.6 is 0 Å². The highest BCUT2D eigenvalue weighted by Gasteiger charge is 2.22. The van der Waals surface area contributed by atoms with E-state index in [0.717, 1.165) is 128 Å². The molecular weight excluding hydrogens is 1130 g/mol. The number of likely N-dealkylation sites (N-methyl/N-ethyl adjacent to an activating group) is 1. The van der Waals surface area contributed by atoms with Crippen molar-refractivity contribution in [2.24, 2.45) is 0 Å². The number of hydrogen-bond donors (Lipinski definition) is 0. The van der Waals surface area contributed by atoms with E-state index in [-0.39, 0.29) is 38.6 Å². The summed E-state index contributed by atoms with van der Waals surface area (Å²) in [7, 11) is 5.92. The summed E-state index contributed by atoms with van der Waals surface area (Å²) < 4.78 is 22.8. The Labute approximate surface area is 560 Å². The van der Waals surface area contributed by atoms with Crippen molar-refractivity contribution in [3.05, 3.63) is 146 Å². The third-order valence-electron chi connectivity index (χ3n) is 15.6. The molecule has 0 aromatic heterocycles. The first kappa shape index (κ1) is 86.2. The molecule has 0 fully saturated rings. The molecule has 518 valence electrons. The van der Waals surface area contributed by atoms with Crippen LogP contribution in [-0.2, 0) is 33.3 Å². The van der Waals surface area contributed by atoms with Crippen molar-refractivity contribution in [3.63, 3.8) is 0 Å². The highest BCUT2D eigenvalue weighted by molar-refractivity contribution is 5.70. The van der Waals surface area contributed by atoms with Gasteiger partial charge in [-0.05, 0) is 116 Å². The van der Waals surface area contributed by atoms with Crippen LogP contribution in [0.1, 0.15) is 296 Å². The number of carboxylic acids is 1. The second kappa shape index (κ2) is 71.0. The van der Waals surface area contributed by atoms with Gasteiger partial charge in [0.2, 0.25) is 0 Å². The van der Waals surface area contributed by atoms with Gasteiger partial charge < -0.3 is 33.3 Å². The molecule has 0 radical (unpaired) electrons. The molecule has 91 heavy (non-hydrogen) atoms. The lowest BCUT2D eigenvalue weighted by atomic mass is 10.0. The first-order valence-corrected chi connectivity index (χ1v) is 37.0. The van der Waals surface area contributed by atoms with Crippen LogP contribution in [-0.4, -0.2) is 82.3 Å². The molecule has 0 saturated heterocycles. The second-order valence-electron chi connectivity index (χ2n) is 25.5. The number of carbonyl (C=O) groups is 3. The van der Waals surface area contributed by atoms with E-state index in [1.165, 1.54) is 135 Å². The number of allylic oxidation sites excluding steroid dienone is 24. The average Bonchev–Trinajstić information content (AvgIpc) is 3.46. The van der Waals surface area contributed by atoms with Crippen molar-refractivity contribution >= 4 is 17.9 Å². The largest absolute Gasteiger partial charge is 0.545 e. The highest BCUT2D eigenvalue weighted by Crippen LogP contribution is 2.17. The number of carboxylic acid groups (broad SMARTS) is 1. The van der Waals surface area contributed by atoms with Gasteiger partial charge in [-0.15, -0.1) is 0 Å². The van der Waals surface area contributed by atoms with E-state index in [2.05, 4.69) is 160 Å². The van der Waals surface area contributed by atoms with Gasteiger partial charge in [-0.2, -0.15) is 0 Å². The van der Waals surface area contributed by atoms with Gasteiger partial charge in [0, 0.05) is 12.8 Å². The molecule has 0 aromatic rings. The van der Waals surface area contributed by atoms with Crippen molar-refractivity contribution in [2.75, 3.05) is 47.5 Å². The zero-order valence-corrected chi connectivity index (χ0v) is 59.2. The lowest BCUT2D eigenvalue weighted by Gasteiger charge is -2.26. The predicted octanol–water partition coefficient (Wildman–Crippen LogP) is 22.1. The Morgan fingerprint density at radius 1 is 0.330 bits per heavy atom. The molecule has 0 aliphatic heterocycles. The van der Waals surface area contributed by atoms with Crippen LogP contribution in [0.25, 0.3) is 0 Å². The number of unbranched alkanes of at least 4 members (excludes halogenated alkanes) is 28. The van der Waals surface area contributed by atoms with Crippen LogP contribution in [0, 0.1) is 0 Å². The molecular formula is C82H137NO8. The van der Waals surface area contributed by atoms with Gasteiger partial charge >= 0.3 is 11.9 Å². The number of hydrogen-bond acceptors (Lipinski definition) is 8. The van der Waals surface area contributed by atoms with Crippen molar-refractivity contribution < 1.29 is 42.9 Å². The maximum atomic E-state index is 12.9. The SMILES string of the molecule is CC/C=C\C/C=C\C/C=C\C/C=C\C/C=C\C/C=C\C/C=C\CCCCCCCC(=O)OC(COC(=O)CCCCCCCCCCCCCCCCCCCCCCCCC/C=C\C/C=C\C/C=C\C/C=C\C/C=C\CC)COC(OCC[N+](C)(C)C)C(=O)[O-]. The Hall–Kier alpha value is -4.83. The van der Waals surface area contributed by atoms with Gasteiger partial charge in [0.25, 0.3) is 0 Å². The van der Waals surface area contributed by atoms with E-state index in [1.807, 2.05) is 21.1 Å². The normalized spacial score (nSPS) is 13.5. The average molecular weight is 1260 g/mol. The minimum atomic E-state index is -1.64.